The van der Waals surface area contributed by atoms with Crippen LogP contribution in [0.3, 0.4) is 0 Å². The van der Waals surface area contributed by atoms with Crippen LogP contribution in [0, 0.1) is 12.3 Å². The molecule has 2 aromatic heterocycles. The van der Waals surface area contributed by atoms with Gasteiger partial charge in [0, 0.05) is 13.1 Å². The third-order valence-corrected chi connectivity index (χ3v) is 5.04. The molecule has 0 aliphatic carbocycles. The summed E-state index contributed by atoms with van der Waals surface area (Å²) in [4.78, 5) is 34.4. The maximum absolute atomic E-state index is 12.6. The van der Waals surface area contributed by atoms with Crippen molar-refractivity contribution in [2.75, 3.05) is 13.1 Å². The van der Waals surface area contributed by atoms with Gasteiger partial charge < -0.3 is 10.0 Å². The SMILES string of the molecule is Cc1nc(-c2ncn[nH]2)sc1C(=O)N1CCC(C)(C(=O)O)C1. The van der Waals surface area contributed by atoms with Crippen molar-refractivity contribution in [3.05, 3.63) is 16.9 Å². The van der Waals surface area contributed by atoms with Crippen LogP contribution in [0.4, 0.5) is 0 Å². The Morgan fingerprint density at radius 1 is 1.50 bits per heavy atom. The molecule has 1 atom stereocenters. The van der Waals surface area contributed by atoms with Crippen molar-refractivity contribution in [2.24, 2.45) is 5.41 Å². The number of thiazole rings is 1. The number of aromatic nitrogens is 4. The van der Waals surface area contributed by atoms with Crippen molar-refractivity contribution < 1.29 is 14.7 Å². The van der Waals surface area contributed by atoms with Crippen molar-refractivity contribution in [2.45, 2.75) is 20.3 Å². The lowest BCUT2D eigenvalue weighted by Gasteiger charge is -2.19. The lowest BCUT2D eigenvalue weighted by atomic mass is 9.90. The number of nitrogens with zero attached hydrogens (tertiary/aromatic N) is 4. The lowest BCUT2D eigenvalue weighted by molar-refractivity contribution is -0.147. The molecular weight excluding hydrogens is 306 g/mol. The molecule has 0 saturated carbocycles. The molecule has 0 bridgehead atoms. The minimum Gasteiger partial charge on any atom is -0.481 e. The van der Waals surface area contributed by atoms with Gasteiger partial charge in [-0.1, -0.05) is 0 Å². The molecule has 116 valence electrons. The minimum atomic E-state index is -0.873. The van der Waals surface area contributed by atoms with E-state index >= 15 is 0 Å². The number of rotatable bonds is 3. The Morgan fingerprint density at radius 3 is 2.86 bits per heavy atom. The third kappa shape index (κ3) is 2.37. The van der Waals surface area contributed by atoms with Crippen LogP contribution in [-0.2, 0) is 4.79 Å². The van der Waals surface area contributed by atoms with Gasteiger partial charge in [0.1, 0.15) is 11.2 Å². The van der Waals surface area contributed by atoms with E-state index in [9.17, 15) is 14.7 Å². The first-order valence-electron chi connectivity index (χ1n) is 6.76. The second kappa shape index (κ2) is 5.16. The van der Waals surface area contributed by atoms with Crippen LogP contribution < -0.4 is 0 Å². The molecule has 9 heteroatoms. The van der Waals surface area contributed by atoms with Crippen LogP contribution in [0.25, 0.3) is 10.8 Å². The standard InChI is InChI=1S/C13H15N5O3S/c1-7-8(22-10(16-7)9-14-6-15-17-9)11(19)18-4-3-13(2,5-18)12(20)21/h6H,3-5H2,1-2H3,(H,20,21)(H,14,15,17). The summed E-state index contributed by atoms with van der Waals surface area (Å²) in [6.45, 7) is 4.09. The molecule has 1 saturated heterocycles. The van der Waals surface area contributed by atoms with E-state index in [2.05, 4.69) is 20.2 Å². The molecule has 0 aromatic carbocycles. The fraction of sp³-hybridized carbons (Fsp3) is 0.462. The number of hydrogen-bond acceptors (Lipinski definition) is 6. The highest BCUT2D eigenvalue weighted by molar-refractivity contribution is 7.17. The predicted octanol–water partition coefficient (Wildman–Crippen LogP) is 1.17. The fourth-order valence-electron chi connectivity index (χ4n) is 2.46. The summed E-state index contributed by atoms with van der Waals surface area (Å²) in [5, 5.41) is 16.3. The van der Waals surface area contributed by atoms with E-state index in [-0.39, 0.29) is 12.5 Å². The van der Waals surface area contributed by atoms with Crippen molar-refractivity contribution in [3.8, 4) is 10.8 Å². The Bertz CT molecular complexity index is 726. The average molecular weight is 321 g/mol. The molecule has 2 N–H and O–H groups in total. The van der Waals surface area contributed by atoms with Gasteiger partial charge in [0.25, 0.3) is 5.91 Å². The van der Waals surface area contributed by atoms with Gasteiger partial charge in [-0.3, -0.25) is 14.7 Å². The molecule has 8 nitrogen and oxygen atoms in total. The number of aromatic amines is 1. The Labute approximate surface area is 130 Å². The first kappa shape index (κ1) is 14.6. The molecule has 1 aliphatic heterocycles. The number of nitrogens with one attached hydrogen (secondary N) is 1. The molecule has 0 spiro atoms. The number of H-pyrrole nitrogens is 1. The third-order valence-electron chi connectivity index (χ3n) is 3.89. The number of likely N-dealkylation sites (tertiary alicyclic amines) is 1. The number of carbonyl (C=O) groups is 2. The van der Waals surface area contributed by atoms with E-state index in [0.717, 1.165) is 0 Å². The number of aryl methyl sites for hydroxylation is 1. The molecule has 2 aromatic rings. The highest BCUT2D eigenvalue weighted by Crippen LogP contribution is 2.33. The molecule has 0 radical (unpaired) electrons. The van der Waals surface area contributed by atoms with Gasteiger partial charge in [0.05, 0.1) is 11.1 Å². The highest BCUT2D eigenvalue weighted by Gasteiger charge is 2.42. The summed E-state index contributed by atoms with van der Waals surface area (Å²) < 4.78 is 0. The maximum Gasteiger partial charge on any atom is 0.311 e. The van der Waals surface area contributed by atoms with E-state index in [1.54, 1.807) is 18.7 Å². The van der Waals surface area contributed by atoms with E-state index in [1.165, 1.54) is 17.7 Å². The van der Waals surface area contributed by atoms with Crippen molar-refractivity contribution in [1.29, 1.82) is 0 Å². The Hall–Kier alpha value is -2.29. The van der Waals surface area contributed by atoms with Crippen LogP contribution in [0.1, 0.15) is 28.7 Å². The Morgan fingerprint density at radius 2 is 2.27 bits per heavy atom. The van der Waals surface area contributed by atoms with Crippen LogP contribution in [-0.4, -0.2) is 55.1 Å². The predicted molar refractivity (Wildman–Crippen MR) is 78.5 cm³/mol. The number of carboxylic acid groups (broad SMARTS) is 1. The van der Waals surface area contributed by atoms with Gasteiger partial charge in [-0.2, -0.15) is 5.10 Å². The number of aliphatic carboxylic acids is 1. The zero-order valence-corrected chi connectivity index (χ0v) is 13.0. The molecule has 1 aliphatic rings. The minimum absolute atomic E-state index is 0.175. The van der Waals surface area contributed by atoms with Crippen LogP contribution in [0.5, 0.6) is 0 Å². The first-order valence-corrected chi connectivity index (χ1v) is 7.58. The van der Waals surface area contributed by atoms with Gasteiger partial charge in [-0.25, -0.2) is 9.97 Å². The van der Waals surface area contributed by atoms with Crippen molar-refractivity contribution in [1.82, 2.24) is 25.1 Å². The Kier molecular flexibility index (Phi) is 3.44. The summed E-state index contributed by atoms with van der Waals surface area (Å²) in [5.74, 6) is -0.527. The molecule has 1 unspecified atom stereocenters. The van der Waals surface area contributed by atoms with Gasteiger partial charge in [-0.05, 0) is 20.3 Å². The molecule has 1 fully saturated rings. The number of amides is 1. The summed E-state index contributed by atoms with van der Waals surface area (Å²) >= 11 is 1.24. The van der Waals surface area contributed by atoms with E-state index < -0.39 is 11.4 Å². The second-order valence-electron chi connectivity index (χ2n) is 5.61. The second-order valence-corrected chi connectivity index (χ2v) is 6.61. The summed E-state index contributed by atoms with van der Waals surface area (Å²) in [7, 11) is 0. The van der Waals surface area contributed by atoms with Gasteiger partial charge >= 0.3 is 5.97 Å². The molecule has 1 amide bonds. The van der Waals surface area contributed by atoms with Crippen molar-refractivity contribution >= 4 is 23.2 Å². The first-order chi connectivity index (χ1) is 10.4. The largest absolute Gasteiger partial charge is 0.481 e. The topological polar surface area (TPSA) is 112 Å². The zero-order valence-electron chi connectivity index (χ0n) is 12.2. The quantitative estimate of drug-likeness (QED) is 0.877. The van der Waals surface area contributed by atoms with E-state index in [4.69, 9.17) is 0 Å². The molecule has 3 rings (SSSR count). The average Bonchev–Trinajstić information content (AvgIpc) is 3.17. The highest BCUT2D eigenvalue weighted by atomic mass is 32.1. The molecule has 3 heterocycles. The fourth-order valence-corrected chi connectivity index (χ4v) is 3.44. The summed E-state index contributed by atoms with van der Waals surface area (Å²) in [6.07, 6.45) is 1.84. The van der Waals surface area contributed by atoms with Gasteiger partial charge in [0.15, 0.2) is 10.8 Å². The smallest absolute Gasteiger partial charge is 0.311 e. The maximum atomic E-state index is 12.6. The van der Waals surface area contributed by atoms with Crippen molar-refractivity contribution in [3.63, 3.8) is 0 Å². The number of hydrogen-bond donors (Lipinski definition) is 2. The monoisotopic (exact) mass is 321 g/mol. The van der Waals surface area contributed by atoms with E-state index in [0.29, 0.717) is 34.4 Å². The van der Waals surface area contributed by atoms with Gasteiger partial charge in [0.2, 0.25) is 0 Å². The number of carboxylic acids is 1. The summed E-state index contributed by atoms with van der Waals surface area (Å²) in [6, 6.07) is 0. The normalized spacial score (nSPS) is 21.3. The van der Waals surface area contributed by atoms with Gasteiger partial charge in [-0.15, -0.1) is 11.3 Å². The van der Waals surface area contributed by atoms with Crippen LogP contribution in [0.2, 0.25) is 0 Å². The number of carbonyl (C=O) groups excluding carboxylic acids is 1. The van der Waals surface area contributed by atoms with E-state index in [1.807, 2.05) is 0 Å². The molecular formula is C13H15N5O3S. The Balaban J connectivity index is 1.83. The summed E-state index contributed by atoms with van der Waals surface area (Å²) in [5.41, 5.74) is -0.257. The lowest BCUT2D eigenvalue weighted by Crippen LogP contribution is -2.34. The zero-order chi connectivity index (χ0) is 15.9. The van der Waals surface area contributed by atoms with Crippen LogP contribution >= 0.6 is 11.3 Å². The van der Waals surface area contributed by atoms with Crippen LogP contribution in [0.15, 0.2) is 6.33 Å². The molecule has 22 heavy (non-hydrogen) atoms.